The second-order valence-electron chi connectivity index (χ2n) is 2.35. The van der Waals surface area contributed by atoms with Gasteiger partial charge in [0, 0.05) is 0 Å². The Bertz CT molecular complexity index is 222. The summed E-state index contributed by atoms with van der Waals surface area (Å²) in [7, 11) is 0. The van der Waals surface area contributed by atoms with E-state index >= 15 is 0 Å². The van der Waals surface area contributed by atoms with Crippen LogP contribution in [0.4, 0.5) is 0 Å². The Kier molecular flexibility index (Phi) is 4.48. The first-order chi connectivity index (χ1) is 5.65. The maximum atomic E-state index is 10.9. The molecule has 0 fully saturated rings. The van der Waals surface area contributed by atoms with Crippen molar-refractivity contribution in [1.29, 1.82) is 10.5 Å². The third-order valence-electron chi connectivity index (χ3n) is 1.39. The van der Waals surface area contributed by atoms with Gasteiger partial charge in [-0.2, -0.15) is 10.5 Å². The first-order valence-electron chi connectivity index (χ1n) is 3.65. The predicted molar refractivity (Wildman–Crippen MR) is 40.6 cm³/mol. The number of hydrogen-bond acceptors (Lipinski definition) is 4. The minimum absolute atomic E-state index is 0.235. The molecular formula is C8H10N2O2. The summed E-state index contributed by atoms with van der Waals surface area (Å²) in [5, 5.41) is 16.6. The summed E-state index contributed by atoms with van der Waals surface area (Å²) in [5.41, 5.74) is 0. The van der Waals surface area contributed by atoms with Gasteiger partial charge in [0.15, 0.2) is 0 Å². The SMILES string of the molecule is CCC(C)OC(=O)C(C#N)C#N. The monoisotopic (exact) mass is 166 g/mol. The lowest BCUT2D eigenvalue weighted by atomic mass is 10.2. The van der Waals surface area contributed by atoms with Gasteiger partial charge in [0.05, 0.1) is 18.2 Å². The van der Waals surface area contributed by atoms with E-state index in [-0.39, 0.29) is 6.10 Å². The molecular weight excluding hydrogens is 156 g/mol. The molecule has 0 aliphatic rings. The number of carbonyl (C=O) groups is 1. The van der Waals surface area contributed by atoms with Gasteiger partial charge in [-0.05, 0) is 13.3 Å². The Balaban J connectivity index is 4.06. The highest BCUT2D eigenvalue weighted by Gasteiger charge is 2.20. The molecule has 4 heteroatoms. The van der Waals surface area contributed by atoms with Crippen molar-refractivity contribution >= 4 is 5.97 Å². The van der Waals surface area contributed by atoms with Crippen LogP contribution in [0.2, 0.25) is 0 Å². The lowest BCUT2D eigenvalue weighted by Crippen LogP contribution is -2.20. The normalized spacial score (nSPS) is 11.4. The Morgan fingerprint density at radius 3 is 2.33 bits per heavy atom. The summed E-state index contributed by atoms with van der Waals surface area (Å²) in [5.74, 6) is -2.05. The van der Waals surface area contributed by atoms with E-state index in [4.69, 9.17) is 15.3 Å². The molecule has 0 amide bonds. The summed E-state index contributed by atoms with van der Waals surface area (Å²) in [6.07, 6.45) is 0.441. The van der Waals surface area contributed by atoms with Crippen LogP contribution in [0.25, 0.3) is 0 Å². The molecule has 12 heavy (non-hydrogen) atoms. The van der Waals surface area contributed by atoms with E-state index in [9.17, 15) is 4.79 Å². The molecule has 0 radical (unpaired) electrons. The zero-order valence-electron chi connectivity index (χ0n) is 7.07. The van der Waals surface area contributed by atoms with Crippen molar-refractivity contribution in [1.82, 2.24) is 0 Å². The van der Waals surface area contributed by atoms with Crippen LogP contribution in [0, 0.1) is 28.6 Å². The molecule has 0 aromatic rings. The van der Waals surface area contributed by atoms with Gasteiger partial charge in [-0.1, -0.05) is 6.92 Å². The second kappa shape index (κ2) is 5.15. The van der Waals surface area contributed by atoms with E-state index in [1.54, 1.807) is 19.1 Å². The third-order valence-corrected chi connectivity index (χ3v) is 1.39. The van der Waals surface area contributed by atoms with Gasteiger partial charge < -0.3 is 4.74 Å². The fraction of sp³-hybridized carbons (Fsp3) is 0.625. The Labute approximate surface area is 71.4 Å². The highest BCUT2D eigenvalue weighted by atomic mass is 16.5. The zero-order valence-corrected chi connectivity index (χ0v) is 7.07. The van der Waals surface area contributed by atoms with Crippen LogP contribution in [0.3, 0.4) is 0 Å². The van der Waals surface area contributed by atoms with E-state index in [2.05, 4.69) is 0 Å². The molecule has 0 spiro atoms. The quantitative estimate of drug-likeness (QED) is 0.586. The Hall–Kier alpha value is -1.55. The zero-order chi connectivity index (χ0) is 9.56. The first kappa shape index (κ1) is 10.4. The Morgan fingerprint density at radius 1 is 1.50 bits per heavy atom. The molecule has 1 unspecified atom stereocenters. The lowest BCUT2D eigenvalue weighted by molar-refractivity contribution is -0.149. The van der Waals surface area contributed by atoms with E-state index in [1.165, 1.54) is 0 Å². The van der Waals surface area contributed by atoms with Gasteiger partial charge in [0.1, 0.15) is 0 Å². The first-order valence-corrected chi connectivity index (χ1v) is 3.65. The number of hydrogen-bond donors (Lipinski definition) is 0. The minimum Gasteiger partial charge on any atom is -0.461 e. The smallest absolute Gasteiger partial charge is 0.338 e. The van der Waals surface area contributed by atoms with Crippen LogP contribution in [0.1, 0.15) is 20.3 Å². The lowest BCUT2D eigenvalue weighted by Gasteiger charge is -2.09. The molecule has 0 N–H and O–H groups in total. The van der Waals surface area contributed by atoms with Crippen LogP contribution in [0.15, 0.2) is 0 Å². The molecule has 0 aromatic carbocycles. The number of rotatable bonds is 3. The molecule has 0 aliphatic carbocycles. The number of esters is 1. The topological polar surface area (TPSA) is 73.9 Å². The predicted octanol–water partition coefficient (Wildman–Crippen LogP) is 0.991. The van der Waals surface area contributed by atoms with Gasteiger partial charge in [-0.3, -0.25) is 0 Å². The highest BCUT2D eigenvalue weighted by molar-refractivity contribution is 5.78. The van der Waals surface area contributed by atoms with Gasteiger partial charge >= 0.3 is 5.97 Å². The van der Waals surface area contributed by atoms with Gasteiger partial charge in [-0.25, -0.2) is 4.79 Å². The summed E-state index contributed by atoms with van der Waals surface area (Å²) in [4.78, 5) is 10.9. The third kappa shape index (κ3) is 3.03. The maximum absolute atomic E-state index is 10.9. The number of nitriles is 2. The van der Waals surface area contributed by atoms with E-state index < -0.39 is 11.9 Å². The van der Waals surface area contributed by atoms with Gasteiger partial charge in [-0.15, -0.1) is 0 Å². The van der Waals surface area contributed by atoms with Gasteiger partial charge in [0.25, 0.3) is 0 Å². The Morgan fingerprint density at radius 2 is 2.00 bits per heavy atom. The molecule has 0 heterocycles. The highest BCUT2D eigenvalue weighted by Crippen LogP contribution is 2.02. The van der Waals surface area contributed by atoms with Crippen LogP contribution < -0.4 is 0 Å². The van der Waals surface area contributed by atoms with Crippen LogP contribution in [0.5, 0.6) is 0 Å². The summed E-state index contributed by atoms with van der Waals surface area (Å²) in [6, 6.07) is 3.09. The van der Waals surface area contributed by atoms with E-state index in [1.807, 2.05) is 6.92 Å². The van der Waals surface area contributed by atoms with Crippen molar-refractivity contribution in [3.05, 3.63) is 0 Å². The van der Waals surface area contributed by atoms with Crippen LogP contribution >= 0.6 is 0 Å². The molecule has 0 bridgehead atoms. The summed E-state index contributed by atoms with van der Waals surface area (Å²) >= 11 is 0. The average Bonchev–Trinajstić information content (AvgIpc) is 2.06. The minimum atomic E-state index is -1.29. The van der Waals surface area contributed by atoms with Crippen molar-refractivity contribution in [2.75, 3.05) is 0 Å². The average molecular weight is 166 g/mol. The second-order valence-corrected chi connectivity index (χ2v) is 2.35. The molecule has 4 nitrogen and oxygen atoms in total. The van der Waals surface area contributed by atoms with Crippen molar-refractivity contribution in [2.24, 2.45) is 5.92 Å². The van der Waals surface area contributed by atoms with Crippen molar-refractivity contribution in [2.45, 2.75) is 26.4 Å². The number of ether oxygens (including phenoxy) is 1. The standard InChI is InChI=1S/C8H10N2O2/c1-3-6(2)12-8(11)7(4-9)5-10/h6-7H,3H2,1-2H3. The van der Waals surface area contributed by atoms with Crippen molar-refractivity contribution in [3.8, 4) is 12.1 Å². The number of nitrogens with zero attached hydrogens (tertiary/aromatic N) is 2. The molecule has 0 saturated carbocycles. The number of carbonyl (C=O) groups excluding carboxylic acids is 1. The van der Waals surface area contributed by atoms with E-state index in [0.717, 1.165) is 0 Å². The van der Waals surface area contributed by atoms with Crippen molar-refractivity contribution < 1.29 is 9.53 Å². The maximum Gasteiger partial charge on any atom is 0.338 e. The summed E-state index contributed by atoms with van der Waals surface area (Å²) in [6.45, 7) is 3.56. The van der Waals surface area contributed by atoms with Crippen LogP contribution in [-0.2, 0) is 9.53 Å². The molecule has 64 valence electrons. The molecule has 1 atom stereocenters. The molecule has 0 saturated heterocycles. The molecule has 0 aromatic heterocycles. The van der Waals surface area contributed by atoms with Crippen molar-refractivity contribution in [3.63, 3.8) is 0 Å². The largest absolute Gasteiger partial charge is 0.461 e. The van der Waals surface area contributed by atoms with Crippen LogP contribution in [-0.4, -0.2) is 12.1 Å². The van der Waals surface area contributed by atoms with Gasteiger partial charge in [0.2, 0.25) is 5.92 Å². The summed E-state index contributed by atoms with van der Waals surface area (Å²) < 4.78 is 4.76. The molecule has 0 aliphatic heterocycles. The fourth-order valence-corrected chi connectivity index (χ4v) is 0.484. The van der Waals surface area contributed by atoms with E-state index in [0.29, 0.717) is 6.42 Å². The molecule has 0 rings (SSSR count). The fourth-order valence-electron chi connectivity index (χ4n) is 0.484.